The zero-order chi connectivity index (χ0) is 13.1. The fourth-order valence-corrected chi connectivity index (χ4v) is 1.23. The summed E-state index contributed by atoms with van der Waals surface area (Å²) in [6.07, 6.45) is -3.78. The molecule has 1 aromatic rings. The summed E-state index contributed by atoms with van der Waals surface area (Å²) in [7, 11) is 2.47. The molecule has 0 fully saturated rings. The second-order valence-electron chi connectivity index (χ2n) is 2.90. The molecule has 8 heteroatoms. The van der Waals surface area contributed by atoms with Crippen LogP contribution in [-0.2, 0) is 6.54 Å². The zero-order valence-corrected chi connectivity index (χ0v) is 9.17. The van der Waals surface area contributed by atoms with Crippen LogP contribution in [0.3, 0.4) is 0 Å². The Balaban J connectivity index is 3.30. The van der Waals surface area contributed by atoms with E-state index in [0.717, 1.165) is 6.20 Å². The Morgan fingerprint density at radius 2 is 1.94 bits per heavy atom. The second kappa shape index (κ2) is 5.09. The van der Waals surface area contributed by atoms with Gasteiger partial charge in [0.1, 0.15) is 0 Å². The van der Waals surface area contributed by atoms with Crippen molar-refractivity contribution in [2.24, 2.45) is 5.73 Å². The van der Waals surface area contributed by atoms with Crippen molar-refractivity contribution in [2.75, 3.05) is 14.2 Å². The summed E-state index contributed by atoms with van der Waals surface area (Å²) in [5, 5.41) is 0. The number of hydrogen-bond acceptors (Lipinski definition) is 5. The lowest BCUT2D eigenvalue weighted by Crippen LogP contribution is -2.20. The lowest BCUT2D eigenvalue weighted by atomic mass is 10.2. The van der Waals surface area contributed by atoms with Gasteiger partial charge in [0, 0.05) is 6.54 Å². The molecule has 0 aromatic carbocycles. The van der Waals surface area contributed by atoms with Crippen molar-refractivity contribution in [2.45, 2.75) is 12.9 Å². The lowest BCUT2D eigenvalue weighted by Gasteiger charge is -2.16. The molecule has 0 saturated heterocycles. The largest absolute Gasteiger partial charge is 0.573 e. The maximum atomic E-state index is 12.2. The highest BCUT2D eigenvalue weighted by Gasteiger charge is 2.34. The Hall–Kier alpha value is -1.70. The third-order valence-corrected chi connectivity index (χ3v) is 1.89. The van der Waals surface area contributed by atoms with Gasteiger partial charge in [0.25, 0.3) is 0 Å². The average molecular weight is 252 g/mol. The molecule has 0 atom stereocenters. The van der Waals surface area contributed by atoms with E-state index in [1.54, 1.807) is 0 Å². The van der Waals surface area contributed by atoms with Crippen LogP contribution < -0.4 is 19.9 Å². The van der Waals surface area contributed by atoms with Crippen molar-refractivity contribution in [3.63, 3.8) is 0 Å². The molecule has 0 saturated carbocycles. The minimum atomic E-state index is -4.84. The highest BCUT2D eigenvalue weighted by molar-refractivity contribution is 5.49. The number of rotatable bonds is 4. The molecular weight excluding hydrogens is 241 g/mol. The fourth-order valence-electron chi connectivity index (χ4n) is 1.23. The SMILES string of the molecule is COc1cnc(OC)c(CN)c1OC(F)(F)F. The van der Waals surface area contributed by atoms with E-state index in [2.05, 4.69) is 9.72 Å². The number of halogens is 3. The minimum Gasteiger partial charge on any atom is -0.491 e. The molecular formula is C9H11F3N2O3. The number of methoxy groups -OCH3 is 2. The predicted octanol–water partition coefficient (Wildman–Crippen LogP) is 1.46. The first-order valence-electron chi connectivity index (χ1n) is 4.48. The zero-order valence-electron chi connectivity index (χ0n) is 9.17. The van der Waals surface area contributed by atoms with Gasteiger partial charge in [0.2, 0.25) is 5.88 Å². The summed E-state index contributed by atoms with van der Waals surface area (Å²) in [6, 6.07) is 0. The normalized spacial score (nSPS) is 11.2. The molecule has 1 rings (SSSR count). The van der Waals surface area contributed by atoms with Crippen LogP contribution >= 0.6 is 0 Å². The van der Waals surface area contributed by atoms with Gasteiger partial charge < -0.3 is 19.9 Å². The molecule has 1 heterocycles. The highest BCUT2D eigenvalue weighted by atomic mass is 19.4. The quantitative estimate of drug-likeness (QED) is 0.878. The molecule has 17 heavy (non-hydrogen) atoms. The summed E-state index contributed by atoms with van der Waals surface area (Å²) in [5.74, 6) is -0.731. The van der Waals surface area contributed by atoms with Crippen molar-refractivity contribution in [1.29, 1.82) is 0 Å². The number of hydrogen-bond donors (Lipinski definition) is 1. The first kappa shape index (κ1) is 13.4. The van der Waals surface area contributed by atoms with E-state index < -0.39 is 12.1 Å². The summed E-state index contributed by atoms with van der Waals surface area (Å²) in [4.78, 5) is 3.75. The molecule has 0 amide bonds. The lowest BCUT2D eigenvalue weighted by molar-refractivity contribution is -0.275. The molecule has 0 unspecified atom stereocenters. The number of nitrogens with two attached hydrogens (primary N) is 1. The third-order valence-electron chi connectivity index (χ3n) is 1.89. The first-order chi connectivity index (χ1) is 7.92. The van der Waals surface area contributed by atoms with Crippen LogP contribution in [0.4, 0.5) is 13.2 Å². The van der Waals surface area contributed by atoms with E-state index in [9.17, 15) is 13.2 Å². The molecule has 1 aromatic heterocycles. The molecule has 0 radical (unpaired) electrons. The number of aromatic nitrogens is 1. The van der Waals surface area contributed by atoms with E-state index in [1.165, 1.54) is 14.2 Å². The number of alkyl halides is 3. The molecule has 96 valence electrons. The fraction of sp³-hybridized carbons (Fsp3) is 0.444. The van der Waals surface area contributed by atoms with E-state index >= 15 is 0 Å². The Morgan fingerprint density at radius 3 is 2.35 bits per heavy atom. The highest BCUT2D eigenvalue weighted by Crippen LogP contribution is 2.38. The number of nitrogens with zero attached hydrogens (tertiary/aromatic N) is 1. The minimum absolute atomic E-state index is 0.0100. The van der Waals surface area contributed by atoms with Crippen molar-refractivity contribution in [1.82, 2.24) is 4.98 Å². The van der Waals surface area contributed by atoms with E-state index in [0.29, 0.717) is 0 Å². The van der Waals surface area contributed by atoms with Crippen molar-refractivity contribution >= 4 is 0 Å². The van der Waals surface area contributed by atoms with Crippen LogP contribution in [-0.4, -0.2) is 25.6 Å². The Labute approximate surface area is 95.3 Å². The molecule has 2 N–H and O–H groups in total. The summed E-state index contributed by atoms with van der Waals surface area (Å²) < 4.78 is 50.1. The van der Waals surface area contributed by atoms with Gasteiger partial charge in [-0.1, -0.05) is 0 Å². The third kappa shape index (κ3) is 3.13. The molecule has 0 aliphatic heterocycles. The van der Waals surface area contributed by atoms with Gasteiger partial charge in [0.05, 0.1) is 26.0 Å². The van der Waals surface area contributed by atoms with Gasteiger partial charge in [0.15, 0.2) is 11.5 Å². The Morgan fingerprint density at radius 1 is 1.29 bits per heavy atom. The standard InChI is InChI=1S/C9H11F3N2O3/c1-15-6-4-14-8(16-2)5(3-13)7(6)17-9(10,11)12/h4H,3,13H2,1-2H3. The number of pyridine rings is 1. The van der Waals surface area contributed by atoms with Crippen molar-refractivity contribution < 1.29 is 27.4 Å². The molecule has 0 spiro atoms. The van der Waals surface area contributed by atoms with Crippen molar-refractivity contribution in [3.8, 4) is 17.4 Å². The summed E-state index contributed by atoms with van der Waals surface area (Å²) in [5.41, 5.74) is 5.34. The van der Waals surface area contributed by atoms with Gasteiger partial charge in [-0.25, -0.2) is 4.98 Å². The summed E-state index contributed by atoms with van der Waals surface area (Å²) in [6.45, 7) is -0.223. The van der Waals surface area contributed by atoms with Gasteiger partial charge in [-0.05, 0) is 0 Å². The second-order valence-corrected chi connectivity index (χ2v) is 2.90. The maximum absolute atomic E-state index is 12.2. The number of ether oxygens (including phenoxy) is 3. The molecule has 0 aliphatic rings. The molecule has 5 nitrogen and oxygen atoms in total. The van der Waals surface area contributed by atoms with Crippen LogP contribution in [0.2, 0.25) is 0 Å². The van der Waals surface area contributed by atoms with Crippen LogP contribution in [0, 0.1) is 0 Å². The van der Waals surface area contributed by atoms with Gasteiger partial charge >= 0.3 is 6.36 Å². The van der Waals surface area contributed by atoms with Gasteiger partial charge in [-0.2, -0.15) is 0 Å². The van der Waals surface area contributed by atoms with E-state index in [-0.39, 0.29) is 23.7 Å². The summed E-state index contributed by atoms with van der Waals surface area (Å²) >= 11 is 0. The van der Waals surface area contributed by atoms with Crippen LogP contribution in [0.25, 0.3) is 0 Å². The Bertz CT molecular complexity index is 396. The van der Waals surface area contributed by atoms with Crippen LogP contribution in [0.15, 0.2) is 6.20 Å². The van der Waals surface area contributed by atoms with Crippen LogP contribution in [0.5, 0.6) is 17.4 Å². The topological polar surface area (TPSA) is 66.6 Å². The van der Waals surface area contributed by atoms with E-state index in [1.807, 2.05) is 0 Å². The van der Waals surface area contributed by atoms with Crippen molar-refractivity contribution in [3.05, 3.63) is 11.8 Å². The monoisotopic (exact) mass is 252 g/mol. The Kier molecular flexibility index (Phi) is 4.00. The van der Waals surface area contributed by atoms with E-state index in [4.69, 9.17) is 15.2 Å². The molecule has 0 bridgehead atoms. The van der Waals surface area contributed by atoms with Gasteiger partial charge in [-0.15, -0.1) is 13.2 Å². The molecule has 0 aliphatic carbocycles. The predicted molar refractivity (Wildman–Crippen MR) is 51.9 cm³/mol. The average Bonchev–Trinajstić information content (AvgIpc) is 2.26. The van der Waals surface area contributed by atoms with Gasteiger partial charge in [-0.3, -0.25) is 0 Å². The van der Waals surface area contributed by atoms with Crippen LogP contribution in [0.1, 0.15) is 5.56 Å². The smallest absolute Gasteiger partial charge is 0.491 e. The maximum Gasteiger partial charge on any atom is 0.573 e. The first-order valence-corrected chi connectivity index (χ1v) is 4.48.